The Hall–Kier alpha value is -2.04. The zero-order chi connectivity index (χ0) is 23.2. The molecule has 0 saturated heterocycles. The van der Waals surface area contributed by atoms with Crippen LogP contribution in [0, 0.1) is 22.9 Å². The minimum absolute atomic E-state index is 0.0425. The lowest BCUT2D eigenvalue weighted by atomic mass is 10.1. The van der Waals surface area contributed by atoms with Gasteiger partial charge in [0, 0.05) is 30.6 Å². The van der Waals surface area contributed by atoms with E-state index in [2.05, 4.69) is 20.9 Å². The molecule has 32 heavy (non-hydrogen) atoms. The number of ether oxygens (including phenoxy) is 1. The van der Waals surface area contributed by atoms with E-state index in [1.54, 1.807) is 6.92 Å². The van der Waals surface area contributed by atoms with Gasteiger partial charge >= 0.3 is 0 Å². The van der Waals surface area contributed by atoms with Gasteiger partial charge in [0.25, 0.3) is 0 Å². The number of imidazole rings is 1. The predicted molar refractivity (Wildman–Crippen MR) is 111 cm³/mol. The molecular formula is C22H20BrF5N2O2. The molecule has 0 radical (unpaired) electrons. The highest BCUT2D eigenvalue weighted by molar-refractivity contribution is 9.10. The smallest absolute Gasteiger partial charge is 0.245 e. The summed E-state index contributed by atoms with van der Waals surface area (Å²) in [6.07, 6.45) is -3.67. The topological polar surface area (TPSA) is 47.3 Å². The zero-order valence-electron chi connectivity index (χ0n) is 17.0. The van der Waals surface area contributed by atoms with Gasteiger partial charge in [-0.1, -0.05) is 0 Å². The summed E-state index contributed by atoms with van der Waals surface area (Å²) in [5, 5.41) is 10.1. The maximum absolute atomic E-state index is 14.9. The van der Waals surface area contributed by atoms with Gasteiger partial charge in [-0.05, 0) is 65.5 Å². The number of rotatable bonds is 8. The van der Waals surface area contributed by atoms with Crippen LogP contribution in [0.4, 0.5) is 22.0 Å². The molecule has 1 aliphatic carbocycles. The molecule has 0 amide bonds. The summed E-state index contributed by atoms with van der Waals surface area (Å²) in [6.45, 7) is 1.67. The first kappa shape index (κ1) is 23.1. The largest absolute Gasteiger partial charge is 0.364 e. The molecule has 10 heteroatoms. The molecule has 1 aliphatic rings. The summed E-state index contributed by atoms with van der Waals surface area (Å²) in [5.74, 6) is -2.06. The molecule has 2 aromatic carbocycles. The lowest BCUT2D eigenvalue weighted by Gasteiger charge is -2.18. The SMILES string of the molecule is CCOC(O)c1cc(F)c2nc(Cc3cc(F)c(Br)cc3F)n(CC3(C(F)F)CC3)c2c1. The summed E-state index contributed by atoms with van der Waals surface area (Å²) < 4.78 is 77.1. The Labute approximate surface area is 189 Å². The standard InChI is InChI=1S/C22H20BrF5N2O2/c1-2-32-20(31)12-6-16(26)19-17(7-12)30(10-22(3-4-22)21(27)28)18(29-19)8-11-5-15(25)13(23)9-14(11)24/h5-7,9,20-21,31H,2-4,8,10H2,1H3. The van der Waals surface area contributed by atoms with Crippen molar-refractivity contribution in [2.24, 2.45) is 5.41 Å². The van der Waals surface area contributed by atoms with Gasteiger partial charge in [0.05, 0.1) is 9.99 Å². The van der Waals surface area contributed by atoms with E-state index >= 15 is 0 Å². The number of benzene rings is 2. The number of fused-ring (bicyclic) bond motifs is 1. The Morgan fingerprint density at radius 3 is 2.47 bits per heavy atom. The predicted octanol–water partition coefficient (Wildman–Crippen LogP) is 5.88. The third kappa shape index (κ3) is 4.27. The van der Waals surface area contributed by atoms with Crippen molar-refractivity contribution in [1.82, 2.24) is 9.55 Å². The number of hydrogen-bond donors (Lipinski definition) is 1. The first-order valence-corrected chi connectivity index (χ1v) is 10.8. The second-order valence-electron chi connectivity index (χ2n) is 7.99. The van der Waals surface area contributed by atoms with Crippen molar-refractivity contribution >= 4 is 27.0 Å². The Morgan fingerprint density at radius 2 is 1.84 bits per heavy atom. The van der Waals surface area contributed by atoms with E-state index in [0.29, 0.717) is 0 Å². The van der Waals surface area contributed by atoms with E-state index in [0.717, 1.165) is 18.2 Å². The summed E-state index contributed by atoms with van der Waals surface area (Å²) in [4.78, 5) is 4.24. The molecule has 3 aromatic rings. The van der Waals surface area contributed by atoms with Crippen molar-refractivity contribution < 1.29 is 31.8 Å². The van der Waals surface area contributed by atoms with E-state index in [1.165, 1.54) is 10.6 Å². The Bertz CT molecular complexity index is 1160. The van der Waals surface area contributed by atoms with Crippen LogP contribution in [0.15, 0.2) is 28.7 Å². The van der Waals surface area contributed by atoms with Crippen LogP contribution in [0.1, 0.15) is 43.0 Å². The minimum atomic E-state index is -2.60. The summed E-state index contributed by atoms with van der Waals surface area (Å²) in [6, 6.07) is 4.44. The van der Waals surface area contributed by atoms with Crippen LogP contribution < -0.4 is 0 Å². The molecule has 0 spiro atoms. The molecule has 172 valence electrons. The Kier molecular flexibility index (Phi) is 6.30. The monoisotopic (exact) mass is 518 g/mol. The molecule has 1 unspecified atom stereocenters. The number of alkyl halides is 2. The molecule has 4 nitrogen and oxygen atoms in total. The number of aliphatic hydroxyl groups excluding tert-OH is 1. The van der Waals surface area contributed by atoms with Crippen LogP contribution in [0.2, 0.25) is 0 Å². The highest BCUT2D eigenvalue weighted by Crippen LogP contribution is 2.52. The maximum Gasteiger partial charge on any atom is 0.245 e. The van der Waals surface area contributed by atoms with Crippen molar-refractivity contribution in [3.63, 3.8) is 0 Å². The van der Waals surface area contributed by atoms with E-state index in [-0.39, 0.29) is 64.9 Å². The third-order valence-corrected chi connectivity index (χ3v) is 6.39. The van der Waals surface area contributed by atoms with Gasteiger partial charge in [0.15, 0.2) is 12.1 Å². The molecule has 0 aliphatic heterocycles. The second-order valence-corrected chi connectivity index (χ2v) is 8.84. The number of aliphatic hydroxyl groups is 1. The van der Waals surface area contributed by atoms with Crippen LogP contribution in [0.3, 0.4) is 0 Å². The summed E-state index contributed by atoms with van der Waals surface area (Å²) in [7, 11) is 0. The quantitative estimate of drug-likeness (QED) is 0.230. The highest BCUT2D eigenvalue weighted by atomic mass is 79.9. The first-order chi connectivity index (χ1) is 15.1. The molecule has 4 rings (SSSR count). The van der Waals surface area contributed by atoms with Gasteiger partial charge in [-0.25, -0.2) is 26.9 Å². The van der Waals surface area contributed by atoms with Gasteiger partial charge in [-0.3, -0.25) is 0 Å². The molecule has 1 fully saturated rings. The number of halogens is 6. The van der Waals surface area contributed by atoms with Crippen LogP contribution in [-0.2, 0) is 17.7 Å². The van der Waals surface area contributed by atoms with E-state index in [1.807, 2.05) is 0 Å². The third-order valence-electron chi connectivity index (χ3n) is 5.78. The Morgan fingerprint density at radius 1 is 1.12 bits per heavy atom. The average molecular weight is 519 g/mol. The minimum Gasteiger partial charge on any atom is -0.364 e. The molecule has 1 heterocycles. The highest BCUT2D eigenvalue weighted by Gasteiger charge is 2.51. The first-order valence-electron chi connectivity index (χ1n) is 10.0. The molecular weight excluding hydrogens is 499 g/mol. The molecule has 1 saturated carbocycles. The van der Waals surface area contributed by atoms with Gasteiger partial charge in [0.2, 0.25) is 6.43 Å². The fourth-order valence-electron chi connectivity index (χ4n) is 3.75. The van der Waals surface area contributed by atoms with Crippen molar-refractivity contribution in [2.75, 3.05) is 6.61 Å². The van der Waals surface area contributed by atoms with Crippen LogP contribution in [0.25, 0.3) is 11.0 Å². The van der Waals surface area contributed by atoms with Gasteiger partial charge in [-0.15, -0.1) is 0 Å². The van der Waals surface area contributed by atoms with Crippen LogP contribution in [0.5, 0.6) is 0 Å². The van der Waals surface area contributed by atoms with Gasteiger partial charge in [-0.2, -0.15) is 0 Å². The van der Waals surface area contributed by atoms with Crippen molar-refractivity contribution in [2.45, 2.75) is 45.4 Å². The van der Waals surface area contributed by atoms with Crippen molar-refractivity contribution in [3.8, 4) is 0 Å². The lowest BCUT2D eigenvalue weighted by molar-refractivity contribution is -0.0980. The van der Waals surface area contributed by atoms with Crippen LogP contribution >= 0.6 is 15.9 Å². The van der Waals surface area contributed by atoms with E-state index in [9.17, 15) is 27.1 Å². The average Bonchev–Trinajstić information content (AvgIpc) is 3.44. The van der Waals surface area contributed by atoms with Gasteiger partial charge in [0.1, 0.15) is 23.0 Å². The van der Waals surface area contributed by atoms with Crippen LogP contribution in [-0.4, -0.2) is 27.7 Å². The number of hydrogen-bond acceptors (Lipinski definition) is 3. The molecule has 1 N–H and O–H groups in total. The number of aromatic nitrogens is 2. The normalized spacial score (nSPS) is 16.2. The Balaban J connectivity index is 1.85. The van der Waals surface area contributed by atoms with Crippen molar-refractivity contribution in [3.05, 3.63) is 63.1 Å². The van der Waals surface area contributed by atoms with E-state index < -0.39 is 35.6 Å². The lowest BCUT2D eigenvalue weighted by Crippen LogP contribution is -2.21. The molecule has 0 bridgehead atoms. The second kappa shape index (κ2) is 8.72. The fraction of sp³-hybridized carbons (Fsp3) is 0.409. The fourth-order valence-corrected chi connectivity index (χ4v) is 4.06. The van der Waals surface area contributed by atoms with E-state index in [4.69, 9.17) is 4.74 Å². The van der Waals surface area contributed by atoms with Gasteiger partial charge < -0.3 is 14.4 Å². The maximum atomic E-state index is 14.9. The van der Waals surface area contributed by atoms with Crippen molar-refractivity contribution in [1.29, 1.82) is 0 Å². The zero-order valence-corrected chi connectivity index (χ0v) is 18.6. The molecule has 1 aromatic heterocycles. The summed E-state index contributed by atoms with van der Waals surface area (Å²) >= 11 is 2.91. The molecule has 1 atom stereocenters. The summed E-state index contributed by atoms with van der Waals surface area (Å²) in [5.41, 5.74) is -1.14. The number of nitrogens with zero attached hydrogens (tertiary/aromatic N) is 2.